The molecule has 7 heteroatoms. The highest BCUT2D eigenvalue weighted by Crippen LogP contribution is 2.41. The van der Waals surface area contributed by atoms with Crippen LogP contribution in [-0.2, 0) is 21.2 Å². The summed E-state index contributed by atoms with van der Waals surface area (Å²) in [5.41, 5.74) is 7.78. The van der Waals surface area contributed by atoms with Crippen molar-refractivity contribution in [1.29, 1.82) is 0 Å². The van der Waals surface area contributed by atoms with Crippen molar-refractivity contribution < 1.29 is 13.2 Å². The lowest BCUT2D eigenvalue weighted by molar-refractivity contribution is -0.119. The number of sulfonamides is 1. The Labute approximate surface area is 165 Å². The van der Waals surface area contributed by atoms with E-state index < -0.39 is 21.8 Å². The Hall–Kier alpha value is -2.05. The van der Waals surface area contributed by atoms with Gasteiger partial charge < -0.3 is 5.73 Å². The largest absolute Gasteiger partial charge is 0.369 e. The van der Waals surface area contributed by atoms with Gasteiger partial charge in [0, 0.05) is 11.9 Å². The molecule has 1 amide bonds. The fraction of sp³-hybridized carbons (Fsp3) is 0.350. The summed E-state index contributed by atoms with van der Waals surface area (Å²) in [7, 11) is -3.76. The van der Waals surface area contributed by atoms with Crippen molar-refractivity contribution in [3.8, 4) is 0 Å². The zero-order valence-corrected chi connectivity index (χ0v) is 16.7. The minimum atomic E-state index is -3.76. The third-order valence-electron chi connectivity index (χ3n) is 4.95. The van der Waals surface area contributed by atoms with Crippen molar-refractivity contribution in [2.24, 2.45) is 5.73 Å². The van der Waals surface area contributed by atoms with Crippen LogP contribution < -0.4 is 10.0 Å². The Kier molecular flexibility index (Phi) is 5.77. The molecule has 2 unspecified atom stereocenters. The number of hydrogen-bond acceptors (Lipinski definition) is 3. The Morgan fingerprint density at radius 1 is 1.19 bits per heavy atom. The van der Waals surface area contributed by atoms with Gasteiger partial charge in [-0.3, -0.25) is 9.10 Å². The van der Waals surface area contributed by atoms with Gasteiger partial charge in [0.25, 0.3) is 10.0 Å². The maximum Gasteiger partial charge on any atom is 0.264 e. The summed E-state index contributed by atoms with van der Waals surface area (Å²) in [6, 6.07) is 13.6. The van der Waals surface area contributed by atoms with Gasteiger partial charge in [0.2, 0.25) is 5.91 Å². The zero-order valence-electron chi connectivity index (χ0n) is 15.1. The van der Waals surface area contributed by atoms with E-state index in [2.05, 4.69) is 0 Å². The second-order valence-corrected chi connectivity index (χ2v) is 9.03. The van der Waals surface area contributed by atoms with Gasteiger partial charge >= 0.3 is 0 Å². The normalized spacial score (nSPS) is 19.6. The number of nitrogens with zero attached hydrogens (tertiary/aromatic N) is 1. The summed E-state index contributed by atoms with van der Waals surface area (Å²) in [6.45, 7) is 1.80. The summed E-state index contributed by atoms with van der Waals surface area (Å²) in [4.78, 5) is 12.1. The number of amides is 1. The topological polar surface area (TPSA) is 80.5 Å². The minimum Gasteiger partial charge on any atom is -0.369 e. The first-order valence-electron chi connectivity index (χ1n) is 8.94. The van der Waals surface area contributed by atoms with Crippen LogP contribution in [0.1, 0.15) is 36.8 Å². The number of benzene rings is 2. The molecule has 2 aromatic rings. The molecule has 0 saturated carbocycles. The molecule has 1 aliphatic rings. The lowest BCUT2D eigenvalue weighted by Crippen LogP contribution is -2.45. The molecule has 2 aromatic carbocycles. The number of aryl methyl sites for hydroxylation is 1. The third-order valence-corrected chi connectivity index (χ3v) is 7.16. The van der Waals surface area contributed by atoms with Gasteiger partial charge in [-0.25, -0.2) is 8.42 Å². The molecule has 2 N–H and O–H groups in total. The molecule has 27 heavy (non-hydrogen) atoms. The van der Waals surface area contributed by atoms with Crippen LogP contribution in [0, 0.1) is 0 Å². The molecular formula is C20H23ClN2O3S. The molecular weight excluding hydrogens is 384 g/mol. The maximum absolute atomic E-state index is 13.4. The van der Waals surface area contributed by atoms with E-state index in [1.807, 2.05) is 12.1 Å². The van der Waals surface area contributed by atoms with E-state index in [9.17, 15) is 13.2 Å². The van der Waals surface area contributed by atoms with Crippen molar-refractivity contribution in [2.75, 3.05) is 10.2 Å². The number of nitrogens with two attached hydrogens (primary N) is 1. The number of anilines is 1. The molecule has 2 atom stereocenters. The smallest absolute Gasteiger partial charge is 0.264 e. The molecule has 0 radical (unpaired) electrons. The van der Waals surface area contributed by atoms with Gasteiger partial charge in [-0.15, -0.1) is 11.6 Å². The monoisotopic (exact) mass is 406 g/mol. The fourth-order valence-electron chi connectivity index (χ4n) is 3.63. The average molecular weight is 407 g/mol. The predicted molar refractivity (Wildman–Crippen MR) is 108 cm³/mol. The number of para-hydroxylation sites is 1. The first kappa shape index (κ1) is 19.7. The Balaban J connectivity index is 2.00. The predicted octanol–water partition coefficient (Wildman–Crippen LogP) is 3.41. The quantitative estimate of drug-likeness (QED) is 0.746. The van der Waals surface area contributed by atoms with Gasteiger partial charge in [-0.1, -0.05) is 30.3 Å². The standard InChI is InChI=1S/C20H23ClN2O3S/c1-14-13-18(20(22)24)17-6-2-3-7-19(17)23(14)27(25,26)16-10-8-15(9-11-16)5-4-12-21/h2-3,6-11,14,18H,4-5,12-13H2,1H3,(H2,22,24). The van der Waals surface area contributed by atoms with Crippen LogP contribution >= 0.6 is 11.6 Å². The number of alkyl halides is 1. The maximum atomic E-state index is 13.4. The van der Waals surface area contributed by atoms with E-state index in [-0.39, 0.29) is 10.9 Å². The molecule has 1 heterocycles. The second-order valence-electron chi connectivity index (χ2n) is 6.84. The Morgan fingerprint density at radius 3 is 2.48 bits per heavy atom. The summed E-state index contributed by atoms with van der Waals surface area (Å²) >= 11 is 5.72. The number of carbonyl (C=O) groups excluding carboxylic acids is 1. The SMILES string of the molecule is CC1CC(C(N)=O)c2ccccc2N1S(=O)(=O)c1ccc(CCCCl)cc1. The minimum absolute atomic E-state index is 0.233. The highest BCUT2D eigenvalue weighted by molar-refractivity contribution is 7.92. The summed E-state index contributed by atoms with van der Waals surface area (Å²) in [5, 5.41) is 0. The molecule has 3 rings (SSSR count). The van der Waals surface area contributed by atoms with Crippen LogP contribution in [0.2, 0.25) is 0 Å². The van der Waals surface area contributed by atoms with E-state index in [1.165, 1.54) is 4.31 Å². The van der Waals surface area contributed by atoms with Crippen molar-refractivity contribution in [3.05, 3.63) is 59.7 Å². The molecule has 144 valence electrons. The first-order valence-corrected chi connectivity index (χ1v) is 10.9. The number of primary amides is 1. The average Bonchev–Trinajstić information content (AvgIpc) is 2.65. The van der Waals surface area contributed by atoms with Crippen molar-refractivity contribution >= 4 is 33.2 Å². The van der Waals surface area contributed by atoms with Crippen molar-refractivity contribution in [1.82, 2.24) is 0 Å². The first-order chi connectivity index (χ1) is 12.9. The zero-order chi connectivity index (χ0) is 19.6. The fourth-order valence-corrected chi connectivity index (χ4v) is 5.46. The lowest BCUT2D eigenvalue weighted by atomic mass is 9.87. The molecule has 5 nitrogen and oxygen atoms in total. The van der Waals surface area contributed by atoms with Crippen LogP contribution in [0.4, 0.5) is 5.69 Å². The van der Waals surface area contributed by atoms with Crippen LogP contribution in [-0.4, -0.2) is 26.2 Å². The molecule has 0 spiro atoms. The van der Waals surface area contributed by atoms with Gasteiger partial charge in [0.1, 0.15) is 0 Å². The van der Waals surface area contributed by atoms with Crippen LogP contribution in [0.3, 0.4) is 0 Å². The van der Waals surface area contributed by atoms with Gasteiger partial charge in [-0.2, -0.15) is 0 Å². The number of carbonyl (C=O) groups is 1. The van der Waals surface area contributed by atoms with E-state index in [0.717, 1.165) is 18.4 Å². The second kappa shape index (κ2) is 7.90. The highest BCUT2D eigenvalue weighted by Gasteiger charge is 2.39. The summed E-state index contributed by atoms with van der Waals surface area (Å²) < 4.78 is 28.1. The van der Waals surface area contributed by atoms with Crippen LogP contribution in [0.25, 0.3) is 0 Å². The molecule has 0 aromatic heterocycles. The number of fused-ring (bicyclic) bond motifs is 1. The summed E-state index contributed by atoms with van der Waals surface area (Å²) in [5.74, 6) is -0.348. The number of halogens is 1. The lowest BCUT2D eigenvalue weighted by Gasteiger charge is -2.38. The Bertz CT molecular complexity index is 928. The molecule has 0 fully saturated rings. The molecule has 0 aliphatic carbocycles. The van der Waals surface area contributed by atoms with E-state index >= 15 is 0 Å². The van der Waals surface area contributed by atoms with Crippen molar-refractivity contribution in [3.63, 3.8) is 0 Å². The molecule has 0 saturated heterocycles. The number of rotatable bonds is 6. The van der Waals surface area contributed by atoms with Gasteiger partial charge in [0.15, 0.2) is 0 Å². The number of hydrogen-bond donors (Lipinski definition) is 1. The van der Waals surface area contributed by atoms with Gasteiger partial charge in [-0.05, 0) is 55.5 Å². The molecule has 0 bridgehead atoms. The van der Waals surface area contributed by atoms with Gasteiger partial charge in [0.05, 0.1) is 16.5 Å². The Morgan fingerprint density at radius 2 is 1.85 bits per heavy atom. The van der Waals surface area contributed by atoms with E-state index in [4.69, 9.17) is 17.3 Å². The van der Waals surface area contributed by atoms with E-state index in [1.54, 1.807) is 43.3 Å². The van der Waals surface area contributed by atoms with Crippen LogP contribution in [0.15, 0.2) is 53.4 Å². The third kappa shape index (κ3) is 3.82. The summed E-state index contributed by atoms with van der Waals surface area (Å²) in [6.07, 6.45) is 2.02. The van der Waals surface area contributed by atoms with E-state index in [0.29, 0.717) is 23.6 Å². The highest BCUT2D eigenvalue weighted by atomic mass is 35.5. The molecule has 1 aliphatic heterocycles. The van der Waals surface area contributed by atoms with Crippen LogP contribution in [0.5, 0.6) is 0 Å². The van der Waals surface area contributed by atoms with Crippen molar-refractivity contribution in [2.45, 2.75) is 43.0 Å².